The zero-order chi connectivity index (χ0) is 10.8. The number of aromatic nitrogens is 2. The van der Waals surface area contributed by atoms with Gasteiger partial charge in [0.25, 0.3) is 0 Å². The van der Waals surface area contributed by atoms with Crippen molar-refractivity contribution in [1.82, 2.24) is 9.97 Å². The third-order valence-electron chi connectivity index (χ3n) is 2.32. The Morgan fingerprint density at radius 3 is 2.93 bits per heavy atom. The van der Waals surface area contributed by atoms with Crippen molar-refractivity contribution in [3.05, 3.63) is 40.1 Å². The van der Waals surface area contributed by atoms with Crippen LogP contribution in [0.1, 0.15) is 11.3 Å². The number of H-pyrrole nitrogens is 1. The normalized spacial score (nSPS) is 10.6. The van der Waals surface area contributed by atoms with Crippen LogP contribution in [0.4, 0.5) is 0 Å². The number of aromatic amines is 1. The van der Waals surface area contributed by atoms with Crippen LogP contribution in [0.15, 0.2) is 28.9 Å². The van der Waals surface area contributed by atoms with E-state index in [2.05, 4.69) is 25.9 Å². The van der Waals surface area contributed by atoms with Gasteiger partial charge in [-0.3, -0.25) is 0 Å². The summed E-state index contributed by atoms with van der Waals surface area (Å²) >= 11 is 3.48. The lowest BCUT2D eigenvalue weighted by molar-refractivity contribution is 0.277. The van der Waals surface area contributed by atoms with Crippen molar-refractivity contribution in [2.45, 2.75) is 13.5 Å². The Balaban J connectivity index is 2.49. The second kappa shape index (κ2) is 4.16. The van der Waals surface area contributed by atoms with E-state index in [1.54, 1.807) is 6.20 Å². The van der Waals surface area contributed by atoms with Gasteiger partial charge >= 0.3 is 0 Å². The molecule has 15 heavy (non-hydrogen) atoms. The molecular formula is C11H11BrN2O. The van der Waals surface area contributed by atoms with E-state index in [1.165, 1.54) is 0 Å². The SMILES string of the molecule is Cc1c(Br)cccc1-c1ncc(CO)[nH]1. The summed E-state index contributed by atoms with van der Waals surface area (Å²) in [6.45, 7) is 2.01. The van der Waals surface area contributed by atoms with Crippen LogP contribution in [0.3, 0.4) is 0 Å². The van der Waals surface area contributed by atoms with E-state index >= 15 is 0 Å². The van der Waals surface area contributed by atoms with E-state index in [0.717, 1.165) is 27.1 Å². The molecule has 0 aliphatic heterocycles. The van der Waals surface area contributed by atoms with Gasteiger partial charge in [0.15, 0.2) is 0 Å². The highest BCUT2D eigenvalue weighted by atomic mass is 79.9. The van der Waals surface area contributed by atoms with Crippen LogP contribution in [0, 0.1) is 6.92 Å². The molecule has 0 unspecified atom stereocenters. The third-order valence-corrected chi connectivity index (χ3v) is 3.18. The molecule has 2 N–H and O–H groups in total. The third kappa shape index (κ3) is 1.96. The molecule has 1 heterocycles. The maximum atomic E-state index is 8.94. The highest BCUT2D eigenvalue weighted by molar-refractivity contribution is 9.10. The number of halogens is 1. The fraction of sp³-hybridized carbons (Fsp3) is 0.182. The number of benzene rings is 1. The van der Waals surface area contributed by atoms with Gasteiger partial charge in [0.2, 0.25) is 0 Å². The van der Waals surface area contributed by atoms with Crippen molar-refractivity contribution in [2.75, 3.05) is 0 Å². The maximum absolute atomic E-state index is 8.94. The lowest BCUT2D eigenvalue weighted by Gasteiger charge is -2.04. The summed E-state index contributed by atoms with van der Waals surface area (Å²) in [6, 6.07) is 5.96. The second-order valence-electron chi connectivity index (χ2n) is 3.33. The summed E-state index contributed by atoms with van der Waals surface area (Å²) in [5.74, 6) is 0.790. The second-order valence-corrected chi connectivity index (χ2v) is 4.18. The molecule has 0 atom stereocenters. The molecular weight excluding hydrogens is 256 g/mol. The monoisotopic (exact) mass is 266 g/mol. The molecule has 3 nitrogen and oxygen atoms in total. The van der Waals surface area contributed by atoms with Gasteiger partial charge in [-0.1, -0.05) is 28.1 Å². The molecule has 1 aromatic carbocycles. The molecule has 0 radical (unpaired) electrons. The van der Waals surface area contributed by atoms with Crippen LogP contribution in [0.2, 0.25) is 0 Å². The largest absolute Gasteiger partial charge is 0.390 e. The van der Waals surface area contributed by atoms with Gasteiger partial charge < -0.3 is 10.1 Å². The smallest absolute Gasteiger partial charge is 0.137 e. The number of hydrogen-bond acceptors (Lipinski definition) is 2. The van der Waals surface area contributed by atoms with Crippen molar-refractivity contribution in [3.63, 3.8) is 0 Å². The molecule has 0 saturated carbocycles. The predicted molar refractivity (Wildman–Crippen MR) is 62.4 cm³/mol. The molecule has 0 saturated heterocycles. The number of hydrogen-bond donors (Lipinski definition) is 2. The highest BCUT2D eigenvalue weighted by Gasteiger charge is 2.07. The zero-order valence-electron chi connectivity index (χ0n) is 8.29. The van der Waals surface area contributed by atoms with Gasteiger partial charge in [-0.15, -0.1) is 0 Å². The Labute approximate surface area is 96.3 Å². The van der Waals surface area contributed by atoms with E-state index in [0.29, 0.717) is 0 Å². The van der Waals surface area contributed by atoms with E-state index < -0.39 is 0 Å². The summed E-state index contributed by atoms with van der Waals surface area (Å²) in [6.07, 6.45) is 1.65. The fourth-order valence-corrected chi connectivity index (χ4v) is 1.81. The minimum absolute atomic E-state index is 0.0138. The Hall–Kier alpha value is -1.13. The number of nitrogens with zero attached hydrogens (tertiary/aromatic N) is 1. The average Bonchev–Trinajstić information content (AvgIpc) is 2.70. The first-order chi connectivity index (χ1) is 7.22. The van der Waals surface area contributed by atoms with E-state index in [4.69, 9.17) is 5.11 Å². The summed E-state index contributed by atoms with van der Waals surface area (Å²) in [5.41, 5.74) is 2.91. The van der Waals surface area contributed by atoms with Crippen molar-refractivity contribution in [1.29, 1.82) is 0 Å². The van der Waals surface area contributed by atoms with Gasteiger partial charge in [0, 0.05) is 10.0 Å². The molecule has 0 aliphatic rings. The number of aliphatic hydroxyl groups excluding tert-OH is 1. The van der Waals surface area contributed by atoms with Gasteiger partial charge in [-0.05, 0) is 18.6 Å². The number of aliphatic hydroxyl groups is 1. The molecule has 0 fully saturated rings. The predicted octanol–water partition coefficient (Wildman–Crippen LogP) is 2.64. The summed E-state index contributed by atoms with van der Waals surface area (Å²) in [7, 11) is 0. The van der Waals surface area contributed by atoms with E-state index in [-0.39, 0.29) is 6.61 Å². The first-order valence-corrected chi connectivity index (χ1v) is 5.42. The van der Waals surface area contributed by atoms with Crippen molar-refractivity contribution < 1.29 is 5.11 Å². The van der Waals surface area contributed by atoms with Crippen LogP contribution in [0.5, 0.6) is 0 Å². The first kappa shape index (κ1) is 10.4. The van der Waals surface area contributed by atoms with Gasteiger partial charge in [0.1, 0.15) is 5.82 Å². The van der Waals surface area contributed by atoms with Crippen molar-refractivity contribution in [2.24, 2.45) is 0 Å². The zero-order valence-corrected chi connectivity index (χ0v) is 9.87. The lowest BCUT2D eigenvalue weighted by atomic mass is 10.1. The Bertz CT molecular complexity index is 479. The van der Waals surface area contributed by atoms with Crippen molar-refractivity contribution >= 4 is 15.9 Å². The van der Waals surface area contributed by atoms with Crippen LogP contribution < -0.4 is 0 Å². The highest BCUT2D eigenvalue weighted by Crippen LogP contribution is 2.26. The molecule has 0 amide bonds. The molecule has 0 bridgehead atoms. The van der Waals surface area contributed by atoms with Crippen LogP contribution >= 0.6 is 15.9 Å². The Kier molecular flexibility index (Phi) is 2.88. The average molecular weight is 267 g/mol. The molecule has 2 aromatic rings. The number of rotatable bonds is 2. The van der Waals surface area contributed by atoms with E-state index in [9.17, 15) is 0 Å². The minimum Gasteiger partial charge on any atom is -0.390 e. The first-order valence-electron chi connectivity index (χ1n) is 4.62. The quantitative estimate of drug-likeness (QED) is 0.878. The summed E-state index contributed by atoms with van der Waals surface area (Å²) < 4.78 is 1.06. The van der Waals surface area contributed by atoms with Gasteiger partial charge in [-0.25, -0.2) is 4.98 Å². The topological polar surface area (TPSA) is 48.9 Å². The van der Waals surface area contributed by atoms with Gasteiger partial charge in [0.05, 0.1) is 18.5 Å². The standard InChI is InChI=1S/C11H11BrN2O/c1-7-9(3-2-4-10(7)12)11-13-5-8(6-15)14-11/h2-5,15H,6H2,1H3,(H,13,14). The van der Waals surface area contributed by atoms with Gasteiger partial charge in [-0.2, -0.15) is 0 Å². The molecule has 2 rings (SSSR count). The van der Waals surface area contributed by atoms with Crippen molar-refractivity contribution in [3.8, 4) is 11.4 Å². The maximum Gasteiger partial charge on any atom is 0.137 e. The van der Waals surface area contributed by atoms with E-state index in [1.807, 2.05) is 25.1 Å². The summed E-state index contributed by atoms with van der Waals surface area (Å²) in [5, 5.41) is 8.94. The fourth-order valence-electron chi connectivity index (χ4n) is 1.44. The molecule has 4 heteroatoms. The molecule has 0 aliphatic carbocycles. The number of nitrogens with one attached hydrogen (secondary N) is 1. The molecule has 1 aromatic heterocycles. The Morgan fingerprint density at radius 1 is 1.47 bits per heavy atom. The van der Waals surface area contributed by atoms with Crippen LogP contribution in [0.25, 0.3) is 11.4 Å². The minimum atomic E-state index is -0.0138. The lowest BCUT2D eigenvalue weighted by Crippen LogP contribution is -1.87. The molecule has 0 spiro atoms. The van der Waals surface area contributed by atoms with Crippen LogP contribution in [-0.4, -0.2) is 15.1 Å². The summed E-state index contributed by atoms with van der Waals surface area (Å²) in [4.78, 5) is 7.29. The Morgan fingerprint density at radius 2 is 2.27 bits per heavy atom. The van der Waals surface area contributed by atoms with Crippen LogP contribution in [-0.2, 0) is 6.61 Å². The molecule has 78 valence electrons. The number of imidazole rings is 1.